The second-order valence-electron chi connectivity index (χ2n) is 7.06. The molecule has 7 heteroatoms. The molecule has 146 valence electrons. The maximum absolute atomic E-state index is 11.3. The van der Waals surface area contributed by atoms with Gasteiger partial charge in [-0.2, -0.15) is 0 Å². The van der Waals surface area contributed by atoms with Gasteiger partial charge in [0.25, 0.3) is 0 Å². The Kier molecular flexibility index (Phi) is 5.36. The van der Waals surface area contributed by atoms with Gasteiger partial charge < -0.3 is 14.4 Å². The SMILES string of the molecule is CCCn1cc(CN2CCOCC2)c2cc(-c3cc(C(=O)O)ccn3)ncc21. The summed E-state index contributed by atoms with van der Waals surface area (Å²) in [5.74, 6) is -0.966. The van der Waals surface area contributed by atoms with Crippen molar-refractivity contribution in [3.8, 4) is 11.4 Å². The maximum atomic E-state index is 11.3. The van der Waals surface area contributed by atoms with Gasteiger partial charge in [0.2, 0.25) is 0 Å². The van der Waals surface area contributed by atoms with Crippen molar-refractivity contribution in [2.24, 2.45) is 0 Å². The zero-order chi connectivity index (χ0) is 19.5. The summed E-state index contributed by atoms with van der Waals surface area (Å²) >= 11 is 0. The molecule has 3 aromatic heterocycles. The van der Waals surface area contributed by atoms with Gasteiger partial charge in [-0.3, -0.25) is 14.9 Å². The van der Waals surface area contributed by atoms with Crippen molar-refractivity contribution in [3.05, 3.63) is 47.9 Å². The van der Waals surface area contributed by atoms with Crippen LogP contribution in [0.4, 0.5) is 0 Å². The van der Waals surface area contributed by atoms with Crippen LogP contribution in [0.1, 0.15) is 29.3 Å². The molecule has 0 radical (unpaired) electrons. The highest BCUT2D eigenvalue weighted by Gasteiger charge is 2.16. The first-order chi connectivity index (χ1) is 13.7. The molecule has 0 saturated carbocycles. The van der Waals surface area contributed by atoms with Gasteiger partial charge in [-0.15, -0.1) is 0 Å². The van der Waals surface area contributed by atoms with Crippen LogP contribution in [-0.2, 0) is 17.8 Å². The molecule has 0 unspecified atom stereocenters. The number of aryl methyl sites for hydroxylation is 1. The van der Waals surface area contributed by atoms with E-state index in [2.05, 4.69) is 32.6 Å². The molecule has 1 saturated heterocycles. The van der Waals surface area contributed by atoms with Gasteiger partial charge in [0, 0.05) is 44.0 Å². The molecule has 4 heterocycles. The lowest BCUT2D eigenvalue weighted by molar-refractivity contribution is 0.0343. The molecule has 1 N–H and O–H groups in total. The molecule has 1 aliphatic heterocycles. The number of carboxylic acid groups (broad SMARTS) is 1. The van der Waals surface area contributed by atoms with E-state index in [1.54, 1.807) is 6.07 Å². The van der Waals surface area contributed by atoms with E-state index in [1.165, 1.54) is 17.8 Å². The summed E-state index contributed by atoms with van der Waals surface area (Å²) in [5.41, 5.74) is 3.83. The van der Waals surface area contributed by atoms with E-state index in [9.17, 15) is 9.90 Å². The second kappa shape index (κ2) is 8.08. The number of carboxylic acids is 1. The average molecular weight is 380 g/mol. The number of aromatic nitrogens is 3. The molecule has 1 fully saturated rings. The first-order valence-corrected chi connectivity index (χ1v) is 9.63. The van der Waals surface area contributed by atoms with Crippen LogP contribution < -0.4 is 0 Å². The lowest BCUT2D eigenvalue weighted by atomic mass is 10.1. The molecule has 4 rings (SSSR count). The molecule has 0 amide bonds. The van der Waals surface area contributed by atoms with Crippen LogP contribution in [-0.4, -0.2) is 56.8 Å². The Bertz CT molecular complexity index is 992. The van der Waals surface area contributed by atoms with Gasteiger partial charge in [0.15, 0.2) is 0 Å². The minimum atomic E-state index is -0.966. The van der Waals surface area contributed by atoms with E-state index in [0.29, 0.717) is 11.4 Å². The number of aromatic carboxylic acids is 1. The van der Waals surface area contributed by atoms with E-state index >= 15 is 0 Å². The fourth-order valence-electron chi connectivity index (χ4n) is 3.66. The van der Waals surface area contributed by atoms with Gasteiger partial charge in [0.1, 0.15) is 0 Å². The summed E-state index contributed by atoms with van der Waals surface area (Å²) in [5, 5.41) is 10.4. The Balaban J connectivity index is 1.75. The van der Waals surface area contributed by atoms with E-state index in [-0.39, 0.29) is 5.56 Å². The third kappa shape index (κ3) is 3.76. The highest BCUT2D eigenvalue weighted by atomic mass is 16.5. The van der Waals surface area contributed by atoms with Gasteiger partial charge in [-0.25, -0.2) is 4.79 Å². The number of hydrogen-bond donors (Lipinski definition) is 1. The smallest absolute Gasteiger partial charge is 0.335 e. The Labute approximate surface area is 163 Å². The summed E-state index contributed by atoms with van der Waals surface area (Å²) in [6, 6.07) is 5.10. The summed E-state index contributed by atoms with van der Waals surface area (Å²) in [6.07, 6.45) is 6.65. The van der Waals surface area contributed by atoms with Crippen molar-refractivity contribution >= 4 is 16.9 Å². The highest BCUT2D eigenvalue weighted by Crippen LogP contribution is 2.27. The lowest BCUT2D eigenvalue weighted by Crippen LogP contribution is -2.35. The number of rotatable bonds is 6. The van der Waals surface area contributed by atoms with E-state index in [0.717, 1.165) is 56.7 Å². The molecule has 0 spiro atoms. The summed E-state index contributed by atoms with van der Waals surface area (Å²) < 4.78 is 7.72. The molecular weight excluding hydrogens is 356 g/mol. The fourth-order valence-corrected chi connectivity index (χ4v) is 3.66. The third-order valence-electron chi connectivity index (χ3n) is 5.08. The van der Waals surface area contributed by atoms with Crippen molar-refractivity contribution in [1.29, 1.82) is 0 Å². The van der Waals surface area contributed by atoms with Gasteiger partial charge in [-0.05, 0) is 30.2 Å². The molecule has 3 aromatic rings. The highest BCUT2D eigenvalue weighted by molar-refractivity contribution is 5.90. The molecule has 0 aromatic carbocycles. The van der Waals surface area contributed by atoms with Gasteiger partial charge in [-0.1, -0.05) is 6.92 Å². The Morgan fingerprint density at radius 3 is 2.75 bits per heavy atom. The Morgan fingerprint density at radius 2 is 2.00 bits per heavy atom. The van der Waals surface area contributed by atoms with Crippen molar-refractivity contribution in [1.82, 2.24) is 19.4 Å². The van der Waals surface area contributed by atoms with E-state index in [1.807, 2.05) is 12.3 Å². The molecule has 7 nitrogen and oxygen atoms in total. The third-order valence-corrected chi connectivity index (χ3v) is 5.08. The zero-order valence-corrected chi connectivity index (χ0v) is 16.0. The molecule has 1 aliphatic rings. The van der Waals surface area contributed by atoms with Crippen molar-refractivity contribution in [2.45, 2.75) is 26.4 Å². The molecule has 0 bridgehead atoms. The second-order valence-corrected chi connectivity index (χ2v) is 7.06. The predicted octanol–water partition coefficient (Wildman–Crippen LogP) is 3.04. The number of carbonyl (C=O) groups is 1. The van der Waals surface area contributed by atoms with Crippen LogP contribution in [0.5, 0.6) is 0 Å². The number of fused-ring (bicyclic) bond motifs is 1. The maximum Gasteiger partial charge on any atom is 0.335 e. The van der Waals surface area contributed by atoms with Crippen LogP contribution in [0, 0.1) is 0 Å². The summed E-state index contributed by atoms with van der Waals surface area (Å²) in [6.45, 7) is 7.37. The zero-order valence-electron chi connectivity index (χ0n) is 16.0. The van der Waals surface area contributed by atoms with Crippen LogP contribution in [0.2, 0.25) is 0 Å². The first-order valence-electron chi connectivity index (χ1n) is 9.63. The summed E-state index contributed by atoms with van der Waals surface area (Å²) in [7, 11) is 0. The minimum Gasteiger partial charge on any atom is -0.478 e. The average Bonchev–Trinajstić information content (AvgIpc) is 3.06. The van der Waals surface area contributed by atoms with Crippen LogP contribution in [0.3, 0.4) is 0 Å². The van der Waals surface area contributed by atoms with Gasteiger partial charge >= 0.3 is 5.97 Å². The Hall–Kier alpha value is -2.77. The number of morpholine rings is 1. The standard InChI is InChI=1S/C21H24N4O3/c1-2-5-25-14-16(13-24-6-8-28-9-7-24)17-11-19(23-12-20(17)25)18-10-15(21(26)27)3-4-22-18/h3-4,10-12,14H,2,5-9,13H2,1H3,(H,26,27). The summed E-state index contributed by atoms with van der Waals surface area (Å²) in [4.78, 5) is 22.6. The van der Waals surface area contributed by atoms with Crippen molar-refractivity contribution in [2.75, 3.05) is 26.3 Å². The number of ether oxygens (including phenoxy) is 1. The minimum absolute atomic E-state index is 0.212. The largest absolute Gasteiger partial charge is 0.478 e. The molecule has 0 aliphatic carbocycles. The first kappa shape index (κ1) is 18.6. The van der Waals surface area contributed by atoms with Crippen molar-refractivity contribution in [3.63, 3.8) is 0 Å². The van der Waals surface area contributed by atoms with Gasteiger partial charge in [0.05, 0.1) is 41.9 Å². The van der Waals surface area contributed by atoms with Crippen molar-refractivity contribution < 1.29 is 14.6 Å². The number of hydrogen-bond acceptors (Lipinski definition) is 5. The molecular formula is C21H24N4O3. The van der Waals surface area contributed by atoms with E-state index in [4.69, 9.17) is 4.74 Å². The lowest BCUT2D eigenvalue weighted by Gasteiger charge is -2.26. The monoisotopic (exact) mass is 380 g/mol. The van der Waals surface area contributed by atoms with Crippen LogP contribution >= 0.6 is 0 Å². The number of nitrogens with zero attached hydrogens (tertiary/aromatic N) is 4. The quantitative estimate of drug-likeness (QED) is 0.708. The molecule has 28 heavy (non-hydrogen) atoms. The van der Waals surface area contributed by atoms with Crippen LogP contribution in [0.25, 0.3) is 22.3 Å². The molecule has 0 atom stereocenters. The van der Waals surface area contributed by atoms with E-state index < -0.39 is 5.97 Å². The fraction of sp³-hybridized carbons (Fsp3) is 0.381. The normalized spacial score (nSPS) is 15.2. The topological polar surface area (TPSA) is 80.5 Å². The van der Waals surface area contributed by atoms with Crippen LogP contribution in [0.15, 0.2) is 36.8 Å². The predicted molar refractivity (Wildman–Crippen MR) is 106 cm³/mol. The number of pyridine rings is 2. The Morgan fingerprint density at radius 1 is 1.21 bits per heavy atom.